The van der Waals surface area contributed by atoms with Crippen LogP contribution in [-0.2, 0) is 13.2 Å². The van der Waals surface area contributed by atoms with E-state index < -0.39 is 5.91 Å². The second kappa shape index (κ2) is 8.96. The van der Waals surface area contributed by atoms with E-state index in [1.54, 1.807) is 41.2 Å². The summed E-state index contributed by atoms with van der Waals surface area (Å²) in [6, 6.07) is 17.2. The molecule has 0 spiro atoms. The SMILES string of the molecule is O=C(Nc1cnn(Cc2ccccc2F)c1)c1ccc(COc2ccccc2Br)o1. The number of hydrogen-bond donors (Lipinski definition) is 1. The number of aromatic nitrogens is 2. The van der Waals surface area contributed by atoms with Crippen LogP contribution in [-0.4, -0.2) is 15.7 Å². The number of halogens is 2. The van der Waals surface area contributed by atoms with Crippen LogP contribution < -0.4 is 10.1 Å². The first-order valence-electron chi connectivity index (χ1n) is 9.12. The Balaban J connectivity index is 1.35. The van der Waals surface area contributed by atoms with E-state index in [0.717, 1.165) is 4.47 Å². The van der Waals surface area contributed by atoms with Crippen LogP contribution in [0.2, 0.25) is 0 Å². The van der Waals surface area contributed by atoms with Gasteiger partial charge in [0.15, 0.2) is 5.76 Å². The van der Waals surface area contributed by atoms with E-state index in [4.69, 9.17) is 9.15 Å². The minimum absolute atomic E-state index is 0.155. The number of hydrogen-bond acceptors (Lipinski definition) is 4. The average molecular weight is 470 g/mol. The van der Waals surface area contributed by atoms with Gasteiger partial charge in [-0.25, -0.2) is 4.39 Å². The second-order valence-corrected chi connectivity index (χ2v) is 7.31. The fourth-order valence-corrected chi connectivity index (χ4v) is 3.20. The lowest BCUT2D eigenvalue weighted by molar-refractivity contribution is 0.0992. The number of anilines is 1. The van der Waals surface area contributed by atoms with Crippen molar-refractivity contribution in [2.45, 2.75) is 13.2 Å². The van der Waals surface area contributed by atoms with Gasteiger partial charge in [0.05, 0.1) is 22.9 Å². The van der Waals surface area contributed by atoms with E-state index in [2.05, 4.69) is 26.3 Å². The number of furan rings is 1. The van der Waals surface area contributed by atoms with Crippen LogP contribution in [0.15, 0.2) is 81.9 Å². The van der Waals surface area contributed by atoms with Crippen molar-refractivity contribution in [3.05, 3.63) is 100 Å². The molecule has 0 unspecified atom stereocenters. The highest BCUT2D eigenvalue weighted by molar-refractivity contribution is 9.10. The Morgan fingerprint density at radius 2 is 1.93 bits per heavy atom. The minimum Gasteiger partial charge on any atom is -0.484 e. The van der Waals surface area contributed by atoms with Crippen molar-refractivity contribution < 1.29 is 18.3 Å². The maximum absolute atomic E-state index is 13.8. The van der Waals surface area contributed by atoms with Gasteiger partial charge >= 0.3 is 0 Å². The van der Waals surface area contributed by atoms with Crippen molar-refractivity contribution in [3.63, 3.8) is 0 Å². The predicted octanol–water partition coefficient (Wildman–Crippen LogP) is 5.26. The van der Waals surface area contributed by atoms with E-state index >= 15 is 0 Å². The molecule has 0 saturated carbocycles. The highest BCUT2D eigenvalue weighted by Gasteiger charge is 2.13. The van der Waals surface area contributed by atoms with Crippen LogP contribution in [0.4, 0.5) is 10.1 Å². The molecule has 1 N–H and O–H groups in total. The van der Waals surface area contributed by atoms with Crippen LogP contribution in [0.3, 0.4) is 0 Å². The van der Waals surface area contributed by atoms with Gasteiger partial charge in [0.2, 0.25) is 0 Å². The number of carbonyl (C=O) groups is 1. The smallest absolute Gasteiger partial charge is 0.291 e. The van der Waals surface area contributed by atoms with Gasteiger partial charge < -0.3 is 14.5 Å². The summed E-state index contributed by atoms with van der Waals surface area (Å²) in [5, 5.41) is 6.87. The molecule has 0 atom stereocenters. The molecule has 2 heterocycles. The van der Waals surface area contributed by atoms with Crippen LogP contribution in [0.5, 0.6) is 5.75 Å². The monoisotopic (exact) mass is 469 g/mol. The van der Waals surface area contributed by atoms with Crippen molar-refractivity contribution in [2.24, 2.45) is 0 Å². The minimum atomic E-state index is -0.410. The zero-order valence-electron chi connectivity index (χ0n) is 15.7. The maximum Gasteiger partial charge on any atom is 0.291 e. The summed E-state index contributed by atoms with van der Waals surface area (Å²) in [6.45, 7) is 0.455. The number of para-hydroxylation sites is 1. The fraction of sp³-hybridized carbons (Fsp3) is 0.0909. The summed E-state index contributed by atoms with van der Waals surface area (Å²) in [4.78, 5) is 12.4. The van der Waals surface area contributed by atoms with Crippen LogP contribution in [0, 0.1) is 5.82 Å². The largest absolute Gasteiger partial charge is 0.484 e. The molecule has 0 aliphatic carbocycles. The normalized spacial score (nSPS) is 10.7. The van der Waals surface area contributed by atoms with Crippen molar-refractivity contribution in [1.29, 1.82) is 0 Å². The molecular formula is C22H17BrFN3O3. The average Bonchev–Trinajstić information content (AvgIpc) is 3.39. The zero-order valence-corrected chi connectivity index (χ0v) is 17.3. The summed E-state index contributed by atoms with van der Waals surface area (Å²) in [6.07, 6.45) is 3.13. The first-order chi connectivity index (χ1) is 14.6. The molecule has 0 aliphatic rings. The molecule has 0 fully saturated rings. The summed E-state index contributed by atoms with van der Waals surface area (Å²) >= 11 is 3.41. The highest BCUT2D eigenvalue weighted by atomic mass is 79.9. The van der Waals surface area contributed by atoms with Crippen LogP contribution in [0.25, 0.3) is 0 Å². The highest BCUT2D eigenvalue weighted by Crippen LogP contribution is 2.25. The van der Waals surface area contributed by atoms with Crippen LogP contribution >= 0.6 is 15.9 Å². The molecule has 2 aromatic carbocycles. The molecule has 30 heavy (non-hydrogen) atoms. The molecule has 0 bridgehead atoms. The lowest BCUT2D eigenvalue weighted by Gasteiger charge is -2.05. The maximum atomic E-state index is 13.8. The van der Waals surface area contributed by atoms with E-state index in [0.29, 0.717) is 22.8 Å². The van der Waals surface area contributed by atoms with Crippen molar-refractivity contribution in [2.75, 3.05) is 5.32 Å². The first-order valence-corrected chi connectivity index (χ1v) is 9.91. The Labute approximate surface area is 180 Å². The van der Waals surface area contributed by atoms with Crippen molar-refractivity contribution in [3.8, 4) is 5.75 Å². The van der Waals surface area contributed by atoms with Gasteiger partial charge in [-0.2, -0.15) is 5.10 Å². The number of carbonyl (C=O) groups excluding carboxylic acids is 1. The standard InChI is InChI=1S/C22H17BrFN3O3/c23-18-6-2-4-8-20(18)29-14-17-9-10-21(30-17)22(28)26-16-11-25-27(13-16)12-15-5-1-3-7-19(15)24/h1-11,13H,12,14H2,(H,26,28). The molecule has 6 nitrogen and oxygen atoms in total. The van der Waals surface area contributed by atoms with E-state index in [-0.39, 0.29) is 24.7 Å². The predicted molar refractivity (Wildman–Crippen MR) is 113 cm³/mol. The molecule has 0 saturated heterocycles. The van der Waals surface area contributed by atoms with E-state index in [1.807, 2.05) is 24.3 Å². The molecule has 8 heteroatoms. The number of amides is 1. The molecule has 0 radical (unpaired) electrons. The van der Waals surface area contributed by atoms with E-state index in [1.165, 1.54) is 12.3 Å². The van der Waals surface area contributed by atoms with Crippen molar-refractivity contribution >= 4 is 27.5 Å². The topological polar surface area (TPSA) is 69.3 Å². The number of ether oxygens (including phenoxy) is 1. The zero-order chi connectivity index (χ0) is 20.9. The lowest BCUT2D eigenvalue weighted by atomic mass is 10.2. The molecule has 2 aromatic heterocycles. The second-order valence-electron chi connectivity index (χ2n) is 6.46. The van der Waals surface area contributed by atoms with Gasteiger partial charge in [-0.15, -0.1) is 0 Å². The van der Waals surface area contributed by atoms with Gasteiger partial charge in [0.1, 0.15) is 23.9 Å². The van der Waals surface area contributed by atoms with Gasteiger partial charge in [-0.1, -0.05) is 30.3 Å². The third-order valence-corrected chi connectivity index (χ3v) is 4.93. The molecule has 1 amide bonds. The van der Waals surface area contributed by atoms with Crippen LogP contribution in [0.1, 0.15) is 21.9 Å². The summed E-state index contributed by atoms with van der Waals surface area (Å²) in [5.41, 5.74) is 0.998. The van der Waals surface area contributed by atoms with Crippen molar-refractivity contribution in [1.82, 2.24) is 9.78 Å². The Morgan fingerprint density at radius 1 is 1.13 bits per heavy atom. The number of nitrogens with one attached hydrogen (secondary N) is 1. The quantitative estimate of drug-likeness (QED) is 0.400. The van der Waals surface area contributed by atoms with Gasteiger partial charge in [0, 0.05) is 11.8 Å². The first kappa shape index (κ1) is 19.9. The summed E-state index contributed by atoms with van der Waals surface area (Å²) < 4.78 is 27.4. The summed E-state index contributed by atoms with van der Waals surface area (Å²) in [7, 11) is 0. The number of benzene rings is 2. The molecule has 4 rings (SSSR count). The Hall–Kier alpha value is -3.39. The Morgan fingerprint density at radius 3 is 2.77 bits per heavy atom. The Kier molecular flexibility index (Phi) is 5.94. The van der Waals surface area contributed by atoms with Gasteiger partial charge in [-0.3, -0.25) is 9.48 Å². The fourth-order valence-electron chi connectivity index (χ4n) is 2.80. The number of nitrogens with zero attached hydrogens (tertiary/aromatic N) is 2. The Bertz CT molecular complexity index is 1170. The molecular weight excluding hydrogens is 453 g/mol. The molecule has 4 aromatic rings. The third kappa shape index (κ3) is 4.77. The van der Waals surface area contributed by atoms with Gasteiger partial charge in [-0.05, 0) is 46.3 Å². The molecule has 152 valence electrons. The third-order valence-electron chi connectivity index (χ3n) is 4.27. The summed E-state index contributed by atoms with van der Waals surface area (Å²) in [5.74, 6) is 0.648. The van der Waals surface area contributed by atoms with E-state index in [9.17, 15) is 9.18 Å². The number of rotatable bonds is 7. The van der Waals surface area contributed by atoms with Gasteiger partial charge in [0.25, 0.3) is 5.91 Å². The molecule has 0 aliphatic heterocycles. The lowest BCUT2D eigenvalue weighted by Crippen LogP contribution is -2.10.